The number of amides is 1. The molecule has 0 radical (unpaired) electrons. The smallest absolute Gasteiger partial charge is 0.222 e. The Kier molecular flexibility index (Phi) is 6.76. The Balaban J connectivity index is 1.43. The summed E-state index contributed by atoms with van der Waals surface area (Å²) < 4.78 is 18.2. The number of piperazine rings is 1. The van der Waals surface area contributed by atoms with Crippen molar-refractivity contribution >= 4 is 11.7 Å². The van der Waals surface area contributed by atoms with Gasteiger partial charge in [-0.25, -0.2) is 4.39 Å². The third kappa shape index (κ3) is 5.39. The van der Waals surface area contributed by atoms with Gasteiger partial charge in [0, 0.05) is 38.2 Å². The Morgan fingerprint density at radius 3 is 2.43 bits per heavy atom. The van der Waals surface area contributed by atoms with Crippen LogP contribution in [0.15, 0.2) is 48.5 Å². The highest BCUT2D eigenvalue weighted by molar-refractivity contribution is 5.97. The van der Waals surface area contributed by atoms with Gasteiger partial charge in [-0.05, 0) is 48.4 Å². The van der Waals surface area contributed by atoms with Crippen LogP contribution >= 0.6 is 0 Å². The average Bonchev–Trinajstić information content (AvgIpc) is 2.73. The van der Waals surface area contributed by atoms with Gasteiger partial charge in [-0.3, -0.25) is 14.5 Å². The summed E-state index contributed by atoms with van der Waals surface area (Å²) in [5.41, 5.74) is 1.59. The van der Waals surface area contributed by atoms with E-state index in [0.717, 1.165) is 11.3 Å². The van der Waals surface area contributed by atoms with Crippen LogP contribution in [0.25, 0.3) is 0 Å². The minimum absolute atomic E-state index is 0.0298. The molecule has 0 aromatic heterocycles. The second-order valence-electron chi connectivity index (χ2n) is 6.94. The van der Waals surface area contributed by atoms with E-state index in [-0.39, 0.29) is 24.1 Å². The summed E-state index contributed by atoms with van der Waals surface area (Å²) in [5, 5.41) is 0. The molecule has 0 aliphatic carbocycles. The third-order valence-corrected chi connectivity index (χ3v) is 5.02. The molecular formula is C22H25FN2O3. The molecule has 6 heteroatoms. The summed E-state index contributed by atoms with van der Waals surface area (Å²) in [7, 11) is 1.63. The Labute approximate surface area is 164 Å². The van der Waals surface area contributed by atoms with Crippen LogP contribution in [0.2, 0.25) is 0 Å². The van der Waals surface area contributed by atoms with Crippen LogP contribution in [0, 0.1) is 5.82 Å². The standard InChI is InChI=1S/C22H25FN2O3/c1-28-20-4-2-3-17(15-20)5-10-22(27)25-13-11-24(12-14-25)16-21(26)18-6-8-19(23)9-7-18/h2-4,6-9,15H,5,10-14,16H2,1H3. The number of ether oxygens (including phenoxy) is 1. The normalized spacial score (nSPS) is 14.7. The third-order valence-electron chi connectivity index (χ3n) is 5.02. The number of hydrogen-bond acceptors (Lipinski definition) is 4. The van der Waals surface area contributed by atoms with Crippen molar-refractivity contribution in [2.75, 3.05) is 39.8 Å². The van der Waals surface area contributed by atoms with Gasteiger partial charge in [0.05, 0.1) is 13.7 Å². The second kappa shape index (κ2) is 9.46. The number of benzene rings is 2. The van der Waals surface area contributed by atoms with Crippen molar-refractivity contribution in [2.45, 2.75) is 12.8 Å². The zero-order valence-corrected chi connectivity index (χ0v) is 16.1. The summed E-state index contributed by atoms with van der Waals surface area (Å²) in [6, 6.07) is 13.4. The number of ketones is 1. The predicted molar refractivity (Wildman–Crippen MR) is 105 cm³/mol. The number of carbonyl (C=O) groups excluding carboxylic acids is 2. The number of methoxy groups -OCH3 is 1. The van der Waals surface area contributed by atoms with E-state index in [2.05, 4.69) is 0 Å². The first-order valence-corrected chi connectivity index (χ1v) is 9.47. The first-order chi connectivity index (χ1) is 13.5. The van der Waals surface area contributed by atoms with Crippen molar-refractivity contribution in [3.8, 4) is 5.75 Å². The number of Topliss-reactive ketones (excluding diaryl/α,β-unsaturated/α-hetero) is 1. The highest BCUT2D eigenvalue weighted by atomic mass is 19.1. The van der Waals surface area contributed by atoms with Gasteiger partial charge < -0.3 is 9.64 Å². The molecule has 2 aromatic rings. The molecule has 5 nitrogen and oxygen atoms in total. The maximum atomic E-state index is 13.0. The minimum atomic E-state index is -0.349. The SMILES string of the molecule is COc1cccc(CCC(=O)N2CCN(CC(=O)c3ccc(F)cc3)CC2)c1. The molecule has 0 N–H and O–H groups in total. The van der Waals surface area contributed by atoms with Gasteiger partial charge in [-0.2, -0.15) is 0 Å². The molecule has 1 aliphatic rings. The fourth-order valence-electron chi connectivity index (χ4n) is 3.32. The molecule has 28 heavy (non-hydrogen) atoms. The van der Waals surface area contributed by atoms with E-state index in [4.69, 9.17) is 4.74 Å². The lowest BCUT2D eigenvalue weighted by molar-refractivity contribution is -0.132. The quantitative estimate of drug-likeness (QED) is 0.689. The molecule has 0 bridgehead atoms. The fourth-order valence-corrected chi connectivity index (χ4v) is 3.32. The highest BCUT2D eigenvalue weighted by Crippen LogP contribution is 2.15. The van der Waals surface area contributed by atoms with Crippen LogP contribution in [0.5, 0.6) is 5.75 Å². The Hall–Kier alpha value is -2.73. The number of carbonyl (C=O) groups is 2. The highest BCUT2D eigenvalue weighted by Gasteiger charge is 2.22. The Morgan fingerprint density at radius 2 is 1.75 bits per heavy atom. The summed E-state index contributed by atoms with van der Waals surface area (Å²) in [5.74, 6) is 0.548. The van der Waals surface area contributed by atoms with E-state index in [0.29, 0.717) is 44.6 Å². The number of hydrogen-bond donors (Lipinski definition) is 0. The fraction of sp³-hybridized carbons (Fsp3) is 0.364. The second-order valence-corrected chi connectivity index (χ2v) is 6.94. The lowest BCUT2D eigenvalue weighted by Gasteiger charge is -2.34. The monoisotopic (exact) mass is 384 g/mol. The maximum Gasteiger partial charge on any atom is 0.222 e. The Morgan fingerprint density at radius 1 is 1.04 bits per heavy atom. The van der Waals surface area contributed by atoms with Gasteiger partial charge in [0.2, 0.25) is 5.91 Å². The summed E-state index contributed by atoms with van der Waals surface area (Å²) in [6.07, 6.45) is 1.14. The van der Waals surface area contributed by atoms with Gasteiger partial charge in [-0.1, -0.05) is 12.1 Å². The summed E-state index contributed by atoms with van der Waals surface area (Å²) >= 11 is 0. The van der Waals surface area contributed by atoms with E-state index >= 15 is 0 Å². The summed E-state index contributed by atoms with van der Waals surface area (Å²) in [6.45, 7) is 2.86. The zero-order chi connectivity index (χ0) is 19.9. The van der Waals surface area contributed by atoms with Crippen molar-refractivity contribution < 1.29 is 18.7 Å². The molecule has 148 valence electrons. The molecule has 1 heterocycles. The van der Waals surface area contributed by atoms with Crippen molar-refractivity contribution in [1.82, 2.24) is 9.80 Å². The van der Waals surface area contributed by atoms with E-state index in [9.17, 15) is 14.0 Å². The maximum absolute atomic E-state index is 13.0. The van der Waals surface area contributed by atoms with Gasteiger partial charge >= 0.3 is 0 Å². The molecule has 1 fully saturated rings. The molecule has 2 aromatic carbocycles. The molecule has 1 aliphatic heterocycles. The molecule has 1 amide bonds. The van der Waals surface area contributed by atoms with Crippen molar-refractivity contribution in [2.24, 2.45) is 0 Å². The number of rotatable bonds is 7. The van der Waals surface area contributed by atoms with Crippen LogP contribution in [0.1, 0.15) is 22.3 Å². The number of halogens is 1. The first kappa shape index (κ1) is 20.0. The average molecular weight is 384 g/mol. The largest absolute Gasteiger partial charge is 0.497 e. The molecule has 0 saturated carbocycles. The van der Waals surface area contributed by atoms with Gasteiger partial charge in [-0.15, -0.1) is 0 Å². The molecule has 0 spiro atoms. The minimum Gasteiger partial charge on any atom is -0.497 e. The zero-order valence-electron chi connectivity index (χ0n) is 16.1. The van der Waals surface area contributed by atoms with E-state index < -0.39 is 0 Å². The van der Waals surface area contributed by atoms with Crippen molar-refractivity contribution in [1.29, 1.82) is 0 Å². The van der Waals surface area contributed by atoms with Crippen LogP contribution in [0.3, 0.4) is 0 Å². The van der Waals surface area contributed by atoms with E-state index in [1.807, 2.05) is 34.1 Å². The van der Waals surface area contributed by atoms with Crippen LogP contribution < -0.4 is 4.74 Å². The lowest BCUT2D eigenvalue weighted by atomic mass is 10.1. The van der Waals surface area contributed by atoms with Crippen LogP contribution in [-0.4, -0.2) is 61.3 Å². The van der Waals surface area contributed by atoms with Crippen molar-refractivity contribution in [3.05, 3.63) is 65.5 Å². The van der Waals surface area contributed by atoms with Crippen LogP contribution in [-0.2, 0) is 11.2 Å². The molecule has 3 rings (SSSR count). The predicted octanol–water partition coefficient (Wildman–Crippen LogP) is 2.79. The summed E-state index contributed by atoms with van der Waals surface area (Å²) in [4.78, 5) is 28.7. The van der Waals surface area contributed by atoms with Gasteiger partial charge in [0.1, 0.15) is 11.6 Å². The van der Waals surface area contributed by atoms with E-state index in [1.165, 1.54) is 24.3 Å². The van der Waals surface area contributed by atoms with Gasteiger partial charge in [0.15, 0.2) is 5.78 Å². The van der Waals surface area contributed by atoms with Gasteiger partial charge in [0.25, 0.3) is 0 Å². The topological polar surface area (TPSA) is 49.9 Å². The van der Waals surface area contributed by atoms with Crippen LogP contribution in [0.4, 0.5) is 4.39 Å². The van der Waals surface area contributed by atoms with Crippen molar-refractivity contribution in [3.63, 3.8) is 0 Å². The molecule has 1 saturated heterocycles. The lowest BCUT2D eigenvalue weighted by Crippen LogP contribution is -2.49. The molecular weight excluding hydrogens is 359 g/mol. The number of nitrogens with zero attached hydrogens (tertiary/aromatic N) is 2. The molecule has 0 atom stereocenters. The Bertz CT molecular complexity index is 815. The van der Waals surface area contributed by atoms with E-state index in [1.54, 1.807) is 7.11 Å². The number of aryl methyl sites for hydroxylation is 1. The molecule has 0 unspecified atom stereocenters. The first-order valence-electron chi connectivity index (χ1n) is 9.47.